The average molecular weight is 333 g/mol. The number of hydrogen-bond donors (Lipinski definition) is 1. The van der Waals surface area contributed by atoms with Crippen LogP contribution in [0.15, 0.2) is 42.5 Å². The Labute approximate surface area is 138 Å². The Hall–Kier alpha value is -2.76. The van der Waals surface area contributed by atoms with Gasteiger partial charge in [0, 0.05) is 6.07 Å². The number of esters is 1. The number of hydrogen-bond acceptors (Lipinski definition) is 3. The van der Waals surface area contributed by atoms with Gasteiger partial charge < -0.3 is 10.1 Å². The fourth-order valence-electron chi connectivity index (χ4n) is 1.99. The van der Waals surface area contributed by atoms with Gasteiger partial charge in [0.15, 0.2) is 6.10 Å². The Morgan fingerprint density at radius 2 is 1.79 bits per heavy atom. The molecular formula is C18H17F2NO3. The molecule has 1 amide bonds. The Kier molecular flexibility index (Phi) is 5.63. The van der Waals surface area contributed by atoms with Crippen LogP contribution in [0.25, 0.3) is 0 Å². The Bertz CT molecular complexity index is 744. The standard InChI is InChI=1S/C18H17F2NO3/c1-11-3-5-13(6-4-11)9-17(22)24-12(2)18(23)21-16-8-7-14(19)10-15(16)20/h3-8,10,12H,9H2,1-2H3,(H,21,23)/t12-/m0/s1. The molecule has 2 aromatic rings. The number of halogens is 2. The van der Waals surface area contributed by atoms with Crippen LogP contribution < -0.4 is 5.32 Å². The van der Waals surface area contributed by atoms with Gasteiger partial charge in [0.25, 0.3) is 5.91 Å². The first-order chi connectivity index (χ1) is 11.3. The van der Waals surface area contributed by atoms with Crippen LogP contribution in [-0.2, 0) is 20.7 Å². The zero-order valence-corrected chi connectivity index (χ0v) is 13.3. The zero-order chi connectivity index (χ0) is 17.7. The lowest BCUT2D eigenvalue weighted by Gasteiger charge is -2.14. The lowest BCUT2D eigenvalue weighted by atomic mass is 10.1. The summed E-state index contributed by atoms with van der Waals surface area (Å²) in [5, 5.41) is 2.26. The van der Waals surface area contributed by atoms with Gasteiger partial charge >= 0.3 is 5.97 Å². The van der Waals surface area contributed by atoms with Crippen LogP contribution >= 0.6 is 0 Å². The molecule has 0 heterocycles. The number of amides is 1. The maximum absolute atomic E-state index is 13.5. The average Bonchev–Trinajstić information content (AvgIpc) is 2.52. The van der Waals surface area contributed by atoms with E-state index in [1.54, 1.807) is 12.1 Å². The predicted octanol–water partition coefficient (Wildman–Crippen LogP) is 3.39. The Balaban J connectivity index is 1.90. The van der Waals surface area contributed by atoms with Gasteiger partial charge in [0.1, 0.15) is 11.6 Å². The van der Waals surface area contributed by atoms with E-state index in [9.17, 15) is 18.4 Å². The molecule has 1 atom stereocenters. The van der Waals surface area contributed by atoms with Crippen molar-refractivity contribution in [1.29, 1.82) is 0 Å². The minimum absolute atomic E-state index is 0.0306. The molecule has 2 rings (SSSR count). The number of benzene rings is 2. The van der Waals surface area contributed by atoms with E-state index < -0.39 is 29.6 Å². The van der Waals surface area contributed by atoms with E-state index in [1.165, 1.54) is 6.92 Å². The molecular weight excluding hydrogens is 316 g/mol. The summed E-state index contributed by atoms with van der Waals surface area (Å²) in [6, 6.07) is 10.1. The normalized spacial score (nSPS) is 11.7. The van der Waals surface area contributed by atoms with Crippen LogP contribution in [0.1, 0.15) is 18.1 Å². The molecule has 0 fully saturated rings. The number of ether oxygens (including phenoxy) is 1. The molecule has 0 aliphatic heterocycles. The van der Waals surface area contributed by atoms with Crippen molar-refractivity contribution in [2.24, 2.45) is 0 Å². The third-order valence-corrected chi connectivity index (χ3v) is 3.34. The van der Waals surface area contributed by atoms with Crippen LogP contribution in [0.4, 0.5) is 14.5 Å². The van der Waals surface area contributed by atoms with Gasteiger partial charge in [0.2, 0.25) is 0 Å². The minimum Gasteiger partial charge on any atom is -0.452 e. The molecule has 0 bridgehead atoms. The minimum atomic E-state index is -1.10. The lowest BCUT2D eigenvalue weighted by molar-refractivity contribution is -0.152. The SMILES string of the molecule is Cc1ccc(CC(=O)O[C@@H](C)C(=O)Nc2ccc(F)cc2F)cc1. The summed E-state index contributed by atoms with van der Waals surface area (Å²) in [6.07, 6.45) is -1.07. The highest BCUT2D eigenvalue weighted by molar-refractivity contribution is 5.95. The van der Waals surface area contributed by atoms with Crippen LogP contribution in [-0.4, -0.2) is 18.0 Å². The van der Waals surface area contributed by atoms with E-state index >= 15 is 0 Å². The fraction of sp³-hybridized carbons (Fsp3) is 0.222. The van der Waals surface area contributed by atoms with Crippen molar-refractivity contribution >= 4 is 17.6 Å². The molecule has 1 N–H and O–H groups in total. The summed E-state index contributed by atoms with van der Waals surface area (Å²) < 4.78 is 31.4. The van der Waals surface area contributed by atoms with Crippen molar-refractivity contribution in [3.05, 3.63) is 65.2 Å². The first kappa shape index (κ1) is 17.6. The summed E-state index contributed by atoms with van der Waals surface area (Å²) >= 11 is 0. The maximum Gasteiger partial charge on any atom is 0.311 e. The van der Waals surface area contributed by atoms with Crippen molar-refractivity contribution < 1.29 is 23.1 Å². The van der Waals surface area contributed by atoms with Crippen LogP contribution in [0.5, 0.6) is 0 Å². The second-order valence-electron chi connectivity index (χ2n) is 5.41. The Morgan fingerprint density at radius 3 is 2.42 bits per heavy atom. The summed E-state index contributed by atoms with van der Waals surface area (Å²) in [5.41, 5.74) is 1.66. The van der Waals surface area contributed by atoms with Gasteiger partial charge in [-0.3, -0.25) is 9.59 Å². The second kappa shape index (κ2) is 7.68. The molecule has 0 saturated carbocycles. The molecule has 24 heavy (non-hydrogen) atoms. The number of carbonyl (C=O) groups excluding carboxylic acids is 2. The maximum atomic E-state index is 13.5. The molecule has 0 saturated heterocycles. The summed E-state index contributed by atoms with van der Waals surface area (Å²) in [5.74, 6) is -2.91. The van der Waals surface area contributed by atoms with Crippen molar-refractivity contribution in [3.8, 4) is 0 Å². The topological polar surface area (TPSA) is 55.4 Å². The first-order valence-corrected chi connectivity index (χ1v) is 7.36. The van der Waals surface area contributed by atoms with Gasteiger partial charge in [-0.2, -0.15) is 0 Å². The van der Waals surface area contributed by atoms with Crippen molar-refractivity contribution in [3.63, 3.8) is 0 Å². The summed E-state index contributed by atoms with van der Waals surface area (Å²) in [4.78, 5) is 23.8. The molecule has 4 nitrogen and oxygen atoms in total. The van der Waals surface area contributed by atoms with E-state index in [0.717, 1.165) is 23.3 Å². The first-order valence-electron chi connectivity index (χ1n) is 7.36. The van der Waals surface area contributed by atoms with E-state index in [4.69, 9.17) is 4.74 Å². The third kappa shape index (κ3) is 4.87. The zero-order valence-electron chi connectivity index (χ0n) is 13.3. The van der Waals surface area contributed by atoms with Gasteiger partial charge in [0.05, 0.1) is 12.1 Å². The fourth-order valence-corrected chi connectivity index (χ4v) is 1.99. The molecule has 0 aliphatic rings. The lowest BCUT2D eigenvalue weighted by Crippen LogP contribution is -2.30. The predicted molar refractivity (Wildman–Crippen MR) is 85.4 cm³/mol. The number of nitrogens with one attached hydrogen (secondary N) is 1. The smallest absolute Gasteiger partial charge is 0.311 e. The monoisotopic (exact) mass is 333 g/mol. The summed E-state index contributed by atoms with van der Waals surface area (Å²) in [6.45, 7) is 3.31. The van der Waals surface area contributed by atoms with E-state index in [1.807, 2.05) is 19.1 Å². The molecule has 6 heteroatoms. The van der Waals surface area contributed by atoms with Crippen molar-refractivity contribution in [2.75, 3.05) is 5.32 Å². The van der Waals surface area contributed by atoms with Gasteiger partial charge in [-0.15, -0.1) is 0 Å². The third-order valence-electron chi connectivity index (χ3n) is 3.34. The van der Waals surface area contributed by atoms with E-state index in [-0.39, 0.29) is 12.1 Å². The molecule has 126 valence electrons. The molecule has 0 aromatic heterocycles. The molecule has 0 unspecified atom stereocenters. The number of rotatable bonds is 5. The largest absolute Gasteiger partial charge is 0.452 e. The molecule has 2 aromatic carbocycles. The van der Waals surface area contributed by atoms with Crippen molar-refractivity contribution in [2.45, 2.75) is 26.4 Å². The number of anilines is 1. The number of carbonyl (C=O) groups is 2. The number of aryl methyl sites for hydroxylation is 1. The van der Waals surface area contributed by atoms with E-state index in [0.29, 0.717) is 6.07 Å². The summed E-state index contributed by atoms with van der Waals surface area (Å²) in [7, 11) is 0. The van der Waals surface area contributed by atoms with E-state index in [2.05, 4.69) is 5.32 Å². The second-order valence-corrected chi connectivity index (χ2v) is 5.41. The van der Waals surface area contributed by atoms with Crippen molar-refractivity contribution in [1.82, 2.24) is 0 Å². The van der Waals surface area contributed by atoms with Crippen LogP contribution in [0.2, 0.25) is 0 Å². The molecule has 0 spiro atoms. The quantitative estimate of drug-likeness (QED) is 0.854. The highest BCUT2D eigenvalue weighted by atomic mass is 19.1. The van der Waals surface area contributed by atoms with Gasteiger partial charge in [-0.25, -0.2) is 8.78 Å². The highest BCUT2D eigenvalue weighted by Gasteiger charge is 2.19. The van der Waals surface area contributed by atoms with Gasteiger partial charge in [-0.05, 0) is 31.5 Å². The van der Waals surface area contributed by atoms with Crippen LogP contribution in [0, 0.1) is 18.6 Å². The molecule has 0 aliphatic carbocycles. The van der Waals surface area contributed by atoms with Gasteiger partial charge in [-0.1, -0.05) is 29.8 Å². The highest BCUT2D eigenvalue weighted by Crippen LogP contribution is 2.15. The van der Waals surface area contributed by atoms with Crippen LogP contribution in [0.3, 0.4) is 0 Å². The Morgan fingerprint density at radius 1 is 1.12 bits per heavy atom. The molecule has 0 radical (unpaired) electrons.